The van der Waals surface area contributed by atoms with Crippen LogP contribution in [-0.2, 0) is 17.5 Å². The molecule has 0 aliphatic carbocycles. The molecule has 2 amide bonds. The van der Waals surface area contributed by atoms with E-state index < -0.39 is 23.6 Å². The van der Waals surface area contributed by atoms with Crippen molar-refractivity contribution in [3.63, 3.8) is 0 Å². The summed E-state index contributed by atoms with van der Waals surface area (Å²) in [6.45, 7) is 8.85. The summed E-state index contributed by atoms with van der Waals surface area (Å²) in [5.74, 6) is -1.12. The zero-order valence-corrected chi connectivity index (χ0v) is 20.5. The van der Waals surface area contributed by atoms with Crippen LogP contribution in [0.3, 0.4) is 0 Å². The second-order valence-electron chi connectivity index (χ2n) is 9.29. The number of carbonyl (C=O) groups is 2. The van der Waals surface area contributed by atoms with Crippen molar-refractivity contribution in [2.45, 2.75) is 52.5 Å². The van der Waals surface area contributed by atoms with E-state index in [0.29, 0.717) is 37.8 Å². The molecule has 12 heteroatoms. The molecule has 0 radical (unpaired) electrons. The molecule has 1 fully saturated rings. The predicted octanol–water partition coefficient (Wildman–Crippen LogP) is 3.84. The minimum absolute atomic E-state index is 0.0356. The standard InChI is InChI=1S/C24H28F4N6O2/c1-13(2)34-12-17-20(22(34)36)30-23(33-10-8-32(9-11-33)15(4)35)31-21(17)29-14(3)16-6-5-7-18(19(16)25)24(26,27)28/h5-7,13-14H,8-12H2,1-4H3,(H,29,30,31). The van der Waals surface area contributed by atoms with Gasteiger partial charge < -0.3 is 20.0 Å². The average molecular weight is 509 g/mol. The van der Waals surface area contributed by atoms with Gasteiger partial charge in [-0.3, -0.25) is 9.59 Å². The predicted molar refractivity (Wildman–Crippen MR) is 125 cm³/mol. The van der Waals surface area contributed by atoms with Gasteiger partial charge in [-0.1, -0.05) is 12.1 Å². The zero-order chi connectivity index (χ0) is 26.4. The number of halogens is 4. The molecule has 8 nitrogen and oxygen atoms in total. The number of benzene rings is 1. The van der Waals surface area contributed by atoms with E-state index in [1.807, 2.05) is 18.7 Å². The van der Waals surface area contributed by atoms with Crippen molar-refractivity contribution in [3.8, 4) is 0 Å². The molecule has 4 rings (SSSR count). The highest BCUT2D eigenvalue weighted by atomic mass is 19.4. The number of rotatable bonds is 5. The first-order valence-corrected chi connectivity index (χ1v) is 11.7. The van der Waals surface area contributed by atoms with Crippen LogP contribution < -0.4 is 10.2 Å². The molecule has 2 aliphatic heterocycles. The molecular formula is C24H28F4N6O2. The monoisotopic (exact) mass is 508 g/mol. The fourth-order valence-electron chi connectivity index (χ4n) is 4.46. The van der Waals surface area contributed by atoms with Crippen LogP contribution in [-0.4, -0.2) is 63.8 Å². The van der Waals surface area contributed by atoms with Crippen LogP contribution in [0.25, 0.3) is 0 Å². The summed E-state index contributed by atoms with van der Waals surface area (Å²) in [4.78, 5) is 39.1. The van der Waals surface area contributed by atoms with Crippen molar-refractivity contribution in [2.75, 3.05) is 36.4 Å². The minimum Gasteiger partial charge on any atom is -0.363 e. The molecule has 36 heavy (non-hydrogen) atoms. The highest BCUT2D eigenvalue weighted by molar-refractivity contribution is 5.98. The summed E-state index contributed by atoms with van der Waals surface area (Å²) in [5.41, 5.74) is -0.786. The summed E-state index contributed by atoms with van der Waals surface area (Å²) >= 11 is 0. The average Bonchev–Trinajstić information content (AvgIpc) is 3.15. The first-order chi connectivity index (χ1) is 16.9. The first kappa shape index (κ1) is 25.6. The number of piperazine rings is 1. The molecule has 1 unspecified atom stereocenters. The van der Waals surface area contributed by atoms with Crippen LogP contribution in [0.2, 0.25) is 0 Å². The van der Waals surface area contributed by atoms with E-state index in [9.17, 15) is 27.2 Å². The number of hydrogen-bond acceptors (Lipinski definition) is 6. The minimum atomic E-state index is -4.82. The Balaban J connectivity index is 1.70. The Morgan fingerprint density at radius 3 is 2.33 bits per heavy atom. The SMILES string of the molecule is CC(=O)N1CCN(c2nc(NC(C)c3cccc(C(F)(F)F)c3F)c3c(n2)C(=O)N(C(C)C)C3)CC1. The fraction of sp³-hybridized carbons (Fsp3) is 0.500. The Bertz CT molecular complexity index is 1180. The molecule has 2 aliphatic rings. The van der Waals surface area contributed by atoms with E-state index in [1.165, 1.54) is 19.9 Å². The maximum Gasteiger partial charge on any atom is 0.419 e. The molecule has 2 aromatic rings. The summed E-state index contributed by atoms with van der Waals surface area (Å²) in [5, 5.41) is 3.04. The summed E-state index contributed by atoms with van der Waals surface area (Å²) < 4.78 is 54.5. The maximum absolute atomic E-state index is 14.8. The smallest absolute Gasteiger partial charge is 0.363 e. The van der Waals surface area contributed by atoms with Gasteiger partial charge in [0.05, 0.1) is 18.2 Å². The van der Waals surface area contributed by atoms with Gasteiger partial charge in [-0.15, -0.1) is 0 Å². The molecule has 3 heterocycles. The Morgan fingerprint density at radius 2 is 1.75 bits per heavy atom. The van der Waals surface area contributed by atoms with Crippen LogP contribution in [0.15, 0.2) is 18.2 Å². The van der Waals surface area contributed by atoms with Crippen LogP contribution in [0, 0.1) is 5.82 Å². The number of carbonyl (C=O) groups excluding carboxylic acids is 2. The van der Waals surface area contributed by atoms with E-state index >= 15 is 0 Å². The third-order valence-electron chi connectivity index (χ3n) is 6.57. The van der Waals surface area contributed by atoms with E-state index in [-0.39, 0.29) is 47.4 Å². The highest BCUT2D eigenvalue weighted by Gasteiger charge is 2.37. The molecule has 0 saturated carbocycles. The van der Waals surface area contributed by atoms with Crippen LogP contribution >= 0.6 is 0 Å². The summed E-state index contributed by atoms with van der Waals surface area (Å²) in [6.07, 6.45) is -4.82. The lowest BCUT2D eigenvalue weighted by atomic mass is 10.0. The Labute approximate surface area is 206 Å². The van der Waals surface area contributed by atoms with Crippen molar-refractivity contribution in [3.05, 3.63) is 46.4 Å². The lowest BCUT2D eigenvalue weighted by Gasteiger charge is -2.34. The molecular weight excluding hydrogens is 480 g/mol. The van der Waals surface area contributed by atoms with Crippen molar-refractivity contribution in [2.24, 2.45) is 0 Å². The number of aromatic nitrogens is 2. The van der Waals surface area contributed by atoms with Crippen LogP contribution in [0.5, 0.6) is 0 Å². The van der Waals surface area contributed by atoms with Gasteiger partial charge >= 0.3 is 6.18 Å². The van der Waals surface area contributed by atoms with Gasteiger partial charge in [0.25, 0.3) is 5.91 Å². The van der Waals surface area contributed by atoms with Gasteiger partial charge in [0, 0.05) is 50.3 Å². The molecule has 1 aromatic heterocycles. The van der Waals surface area contributed by atoms with E-state index in [2.05, 4.69) is 15.3 Å². The molecule has 1 N–H and O–H groups in total. The zero-order valence-electron chi connectivity index (χ0n) is 20.5. The number of fused-ring (bicyclic) bond motifs is 1. The van der Waals surface area contributed by atoms with Gasteiger partial charge in [-0.05, 0) is 26.8 Å². The topological polar surface area (TPSA) is 81.7 Å². The number of hydrogen-bond donors (Lipinski definition) is 1. The maximum atomic E-state index is 14.8. The van der Waals surface area contributed by atoms with E-state index in [0.717, 1.165) is 6.07 Å². The van der Waals surface area contributed by atoms with Crippen LogP contribution in [0.1, 0.15) is 60.9 Å². The number of anilines is 2. The van der Waals surface area contributed by atoms with Gasteiger partial charge in [0.1, 0.15) is 17.3 Å². The Morgan fingerprint density at radius 1 is 1.08 bits per heavy atom. The van der Waals surface area contributed by atoms with Crippen molar-refractivity contribution >= 4 is 23.6 Å². The second kappa shape index (κ2) is 9.55. The van der Waals surface area contributed by atoms with Gasteiger partial charge in [-0.25, -0.2) is 9.37 Å². The molecule has 1 aromatic carbocycles. The first-order valence-electron chi connectivity index (χ1n) is 11.7. The Hall–Kier alpha value is -3.44. The molecule has 0 bridgehead atoms. The Kier molecular flexibility index (Phi) is 6.80. The summed E-state index contributed by atoms with van der Waals surface area (Å²) in [7, 11) is 0. The second-order valence-corrected chi connectivity index (χ2v) is 9.29. The molecule has 194 valence electrons. The van der Waals surface area contributed by atoms with Crippen molar-refractivity contribution in [1.29, 1.82) is 0 Å². The third kappa shape index (κ3) is 4.80. The number of nitrogens with zero attached hydrogens (tertiary/aromatic N) is 5. The lowest BCUT2D eigenvalue weighted by Crippen LogP contribution is -2.48. The van der Waals surface area contributed by atoms with Crippen LogP contribution in [0.4, 0.5) is 29.3 Å². The largest absolute Gasteiger partial charge is 0.419 e. The third-order valence-corrected chi connectivity index (χ3v) is 6.57. The van der Waals surface area contributed by atoms with Gasteiger partial charge in [0.2, 0.25) is 11.9 Å². The summed E-state index contributed by atoms with van der Waals surface area (Å²) in [6, 6.07) is 2.16. The van der Waals surface area contributed by atoms with E-state index in [1.54, 1.807) is 9.80 Å². The molecule has 0 spiro atoms. The number of amides is 2. The lowest BCUT2D eigenvalue weighted by molar-refractivity contribution is -0.140. The number of nitrogens with one attached hydrogen (secondary N) is 1. The van der Waals surface area contributed by atoms with E-state index in [4.69, 9.17) is 0 Å². The quantitative estimate of drug-likeness (QED) is 0.619. The number of alkyl halides is 3. The highest BCUT2D eigenvalue weighted by Crippen LogP contribution is 2.36. The van der Waals surface area contributed by atoms with Gasteiger partial charge in [-0.2, -0.15) is 18.2 Å². The fourth-order valence-corrected chi connectivity index (χ4v) is 4.46. The normalized spacial score (nSPS) is 17.0. The molecule has 1 atom stereocenters. The molecule has 1 saturated heterocycles. The van der Waals surface area contributed by atoms with Gasteiger partial charge in [0.15, 0.2) is 0 Å². The van der Waals surface area contributed by atoms with Crippen molar-refractivity contribution < 1.29 is 27.2 Å². The van der Waals surface area contributed by atoms with Crippen molar-refractivity contribution in [1.82, 2.24) is 19.8 Å².